The van der Waals surface area contributed by atoms with Crippen LogP contribution in [-0.4, -0.2) is 36.4 Å². The number of aliphatic hydroxyl groups is 1. The number of hydrogen-bond donors (Lipinski definition) is 1. The predicted octanol–water partition coefficient (Wildman–Crippen LogP) is 2.38. The molecule has 0 saturated carbocycles. The Morgan fingerprint density at radius 1 is 1.12 bits per heavy atom. The topological polar surface area (TPSA) is 59.0 Å². The molecule has 5 heteroatoms. The number of methoxy groups -OCH3 is 1. The SMILES string of the molecule is COc1ccc(N2C(=O)[C@H](OCc3ccccc3)[C@@H]2[C@@H](C)O)cc1. The van der Waals surface area contributed by atoms with E-state index >= 15 is 0 Å². The highest BCUT2D eigenvalue weighted by Crippen LogP contribution is 2.33. The summed E-state index contributed by atoms with van der Waals surface area (Å²) in [6.07, 6.45) is -1.32. The first-order chi connectivity index (χ1) is 11.6. The second-order valence-corrected chi connectivity index (χ2v) is 5.85. The monoisotopic (exact) mass is 327 g/mol. The van der Waals surface area contributed by atoms with E-state index in [1.807, 2.05) is 30.3 Å². The van der Waals surface area contributed by atoms with Gasteiger partial charge in [-0.15, -0.1) is 0 Å². The number of amides is 1. The lowest BCUT2D eigenvalue weighted by Gasteiger charge is -2.48. The van der Waals surface area contributed by atoms with Crippen molar-refractivity contribution in [1.82, 2.24) is 0 Å². The second-order valence-electron chi connectivity index (χ2n) is 5.85. The third kappa shape index (κ3) is 3.13. The molecule has 2 aromatic carbocycles. The number of hydrogen-bond acceptors (Lipinski definition) is 4. The maximum Gasteiger partial charge on any atom is 0.258 e. The van der Waals surface area contributed by atoms with Crippen molar-refractivity contribution in [2.75, 3.05) is 12.0 Å². The molecule has 0 radical (unpaired) electrons. The lowest BCUT2D eigenvalue weighted by molar-refractivity contribution is -0.148. The molecule has 0 bridgehead atoms. The molecule has 1 N–H and O–H groups in total. The number of carbonyl (C=O) groups is 1. The molecule has 2 aromatic rings. The molecular weight excluding hydrogens is 306 g/mol. The van der Waals surface area contributed by atoms with Crippen LogP contribution >= 0.6 is 0 Å². The Morgan fingerprint density at radius 2 is 1.79 bits per heavy atom. The Balaban J connectivity index is 1.72. The summed E-state index contributed by atoms with van der Waals surface area (Å²) in [5.74, 6) is 0.583. The fourth-order valence-corrected chi connectivity index (χ4v) is 2.92. The van der Waals surface area contributed by atoms with Crippen LogP contribution in [0.2, 0.25) is 0 Å². The van der Waals surface area contributed by atoms with Crippen LogP contribution in [0.1, 0.15) is 12.5 Å². The zero-order valence-corrected chi connectivity index (χ0v) is 13.8. The Morgan fingerprint density at radius 3 is 2.38 bits per heavy atom. The number of nitrogens with zero attached hydrogens (tertiary/aromatic N) is 1. The molecule has 3 atom stereocenters. The van der Waals surface area contributed by atoms with Gasteiger partial charge < -0.3 is 19.5 Å². The molecule has 5 nitrogen and oxygen atoms in total. The van der Waals surface area contributed by atoms with E-state index in [-0.39, 0.29) is 5.91 Å². The average molecular weight is 327 g/mol. The van der Waals surface area contributed by atoms with Gasteiger partial charge in [-0.25, -0.2) is 0 Å². The van der Waals surface area contributed by atoms with E-state index in [1.165, 1.54) is 0 Å². The molecule has 1 saturated heterocycles. The van der Waals surface area contributed by atoms with Gasteiger partial charge in [0.05, 0.1) is 25.9 Å². The highest BCUT2D eigenvalue weighted by Gasteiger charge is 2.51. The Bertz CT molecular complexity index is 684. The number of rotatable bonds is 6. The van der Waals surface area contributed by atoms with Crippen LogP contribution in [-0.2, 0) is 16.1 Å². The fourth-order valence-electron chi connectivity index (χ4n) is 2.92. The molecule has 1 aliphatic heterocycles. The van der Waals surface area contributed by atoms with Crippen LogP contribution in [0.4, 0.5) is 5.69 Å². The van der Waals surface area contributed by atoms with Crippen molar-refractivity contribution in [2.45, 2.75) is 31.8 Å². The fraction of sp³-hybridized carbons (Fsp3) is 0.316. The molecule has 0 aliphatic carbocycles. The minimum absolute atomic E-state index is 0.137. The molecule has 24 heavy (non-hydrogen) atoms. The van der Waals surface area contributed by atoms with Gasteiger partial charge in [0.2, 0.25) is 0 Å². The molecule has 126 valence electrons. The number of carbonyl (C=O) groups excluding carboxylic acids is 1. The summed E-state index contributed by atoms with van der Waals surface area (Å²) in [5, 5.41) is 10.1. The Hall–Kier alpha value is -2.37. The van der Waals surface area contributed by atoms with Crippen LogP contribution in [0.5, 0.6) is 5.75 Å². The normalized spacial score (nSPS) is 21.3. The molecule has 1 aliphatic rings. The summed E-state index contributed by atoms with van der Waals surface area (Å²) in [6.45, 7) is 2.02. The number of benzene rings is 2. The molecule has 1 heterocycles. The lowest BCUT2D eigenvalue weighted by atomic mass is 9.92. The molecule has 0 aromatic heterocycles. The van der Waals surface area contributed by atoms with Crippen molar-refractivity contribution in [3.63, 3.8) is 0 Å². The minimum atomic E-state index is -0.689. The van der Waals surface area contributed by atoms with Gasteiger partial charge in [0.1, 0.15) is 5.75 Å². The third-order valence-corrected chi connectivity index (χ3v) is 4.21. The average Bonchev–Trinajstić information content (AvgIpc) is 2.60. The van der Waals surface area contributed by atoms with Gasteiger partial charge in [-0.05, 0) is 36.8 Å². The van der Waals surface area contributed by atoms with Crippen molar-refractivity contribution >= 4 is 11.6 Å². The van der Waals surface area contributed by atoms with Gasteiger partial charge >= 0.3 is 0 Å². The van der Waals surface area contributed by atoms with E-state index in [9.17, 15) is 9.90 Å². The number of β-lactam (4-membered cyclic amide) rings is 1. The summed E-state index contributed by atoms with van der Waals surface area (Å²) in [5.41, 5.74) is 1.73. The van der Waals surface area contributed by atoms with Crippen LogP contribution in [0.15, 0.2) is 54.6 Å². The molecule has 1 amide bonds. The Kier molecular flexibility index (Phi) is 4.83. The first-order valence-electron chi connectivity index (χ1n) is 7.92. The molecule has 0 spiro atoms. The van der Waals surface area contributed by atoms with E-state index in [4.69, 9.17) is 9.47 Å². The summed E-state index contributed by atoms with van der Waals surface area (Å²) >= 11 is 0. The van der Waals surface area contributed by atoms with E-state index in [2.05, 4.69) is 0 Å². The van der Waals surface area contributed by atoms with Gasteiger partial charge in [-0.1, -0.05) is 30.3 Å². The summed E-state index contributed by atoms with van der Waals surface area (Å²) in [6, 6.07) is 16.5. The number of anilines is 1. The molecule has 1 fully saturated rings. The maximum absolute atomic E-state index is 12.5. The molecule has 0 unspecified atom stereocenters. The van der Waals surface area contributed by atoms with Crippen molar-refractivity contribution in [2.24, 2.45) is 0 Å². The van der Waals surface area contributed by atoms with Gasteiger partial charge in [0.25, 0.3) is 5.91 Å². The van der Waals surface area contributed by atoms with Gasteiger partial charge in [0.15, 0.2) is 6.10 Å². The largest absolute Gasteiger partial charge is 0.497 e. The Labute approximate surface area is 141 Å². The van der Waals surface area contributed by atoms with E-state index in [0.717, 1.165) is 17.0 Å². The number of ether oxygens (including phenoxy) is 2. The quantitative estimate of drug-likeness (QED) is 0.828. The van der Waals surface area contributed by atoms with E-state index in [1.54, 1.807) is 43.2 Å². The maximum atomic E-state index is 12.5. The minimum Gasteiger partial charge on any atom is -0.497 e. The second kappa shape index (κ2) is 7.03. The van der Waals surface area contributed by atoms with Crippen LogP contribution in [0.25, 0.3) is 0 Å². The zero-order chi connectivity index (χ0) is 17.1. The first-order valence-corrected chi connectivity index (χ1v) is 7.92. The zero-order valence-electron chi connectivity index (χ0n) is 13.8. The standard InChI is InChI=1S/C19H21NO4/c1-13(21)17-18(24-12-14-6-4-3-5-7-14)19(22)20(17)15-8-10-16(23-2)11-9-15/h3-11,13,17-18,21H,12H2,1-2H3/t13-,17+,18-/m1/s1. The number of aliphatic hydroxyl groups excluding tert-OH is 1. The molecular formula is C19H21NO4. The molecule has 3 rings (SSSR count). The van der Waals surface area contributed by atoms with Crippen LogP contribution in [0, 0.1) is 0 Å². The highest BCUT2D eigenvalue weighted by atomic mass is 16.5. The highest BCUT2D eigenvalue weighted by molar-refractivity contribution is 6.05. The van der Waals surface area contributed by atoms with Crippen molar-refractivity contribution < 1.29 is 19.4 Å². The smallest absolute Gasteiger partial charge is 0.258 e. The van der Waals surface area contributed by atoms with Crippen LogP contribution in [0.3, 0.4) is 0 Å². The van der Waals surface area contributed by atoms with E-state index < -0.39 is 18.2 Å². The van der Waals surface area contributed by atoms with Gasteiger partial charge in [0, 0.05) is 5.69 Å². The summed E-state index contributed by atoms with van der Waals surface area (Å²) < 4.78 is 10.9. The predicted molar refractivity (Wildman–Crippen MR) is 91.0 cm³/mol. The van der Waals surface area contributed by atoms with Crippen molar-refractivity contribution in [1.29, 1.82) is 0 Å². The van der Waals surface area contributed by atoms with Crippen molar-refractivity contribution in [3.8, 4) is 5.75 Å². The van der Waals surface area contributed by atoms with Gasteiger partial charge in [-0.2, -0.15) is 0 Å². The third-order valence-electron chi connectivity index (χ3n) is 4.21. The van der Waals surface area contributed by atoms with Crippen LogP contribution < -0.4 is 9.64 Å². The van der Waals surface area contributed by atoms with Crippen molar-refractivity contribution in [3.05, 3.63) is 60.2 Å². The summed E-state index contributed by atoms with van der Waals surface area (Å²) in [4.78, 5) is 14.1. The first kappa shape index (κ1) is 16.5. The van der Waals surface area contributed by atoms with Gasteiger partial charge in [-0.3, -0.25) is 4.79 Å². The lowest BCUT2D eigenvalue weighted by Crippen LogP contribution is -2.69. The summed E-state index contributed by atoms with van der Waals surface area (Å²) in [7, 11) is 1.59. The van der Waals surface area contributed by atoms with E-state index in [0.29, 0.717) is 6.61 Å².